The number of nitrogens with one attached hydrogen (secondary N) is 1. The molecule has 0 atom stereocenters. The highest BCUT2D eigenvalue weighted by Crippen LogP contribution is 2.19. The zero-order valence-corrected chi connectivity index (χ0v) is 11.7. The lowest BCUT2D eigenvalue weighted by molar-refractivity contribution is -0.135. The fraction of sp³-hybridized carbons (Fsp3) is 0.467. The number of aliphatic carboxylic acids is 1. The highest BCUT2D eigenvalue weighted by atomic mass is 16.4. The Bertz CT molecular complexity index is 484. The van der Waals surface area contributed by atoms with Crippen LogP contribution in [0, 0.1) is 0 Å². The first-order valence-electron chi connectivity index (χ1n) is 7.09. The van der Waals surface area contributed by atoms with Crippen molar-refractivity contribution in [3.8, 4) is 0 Å². The molecular formula is C15H20N2O4. The van der Waals surface area contributed by atoms with E-state index in [2.05, 4.69) is 5.32 Å². The molecule has 0 aromatic heterocycles. The van der Waals surface area contributed by atoms with Crippen LogP contribution in [0.3, 0.4) is 0 Å². The molecule has 1 fully saturated rings. The van der Waals surface area contributed by atoms with Crippen LogP contribution in [0.2, 0.25) is 0 Å². The number of aliphatic hydroxyl groups excluding tert-OH is 1. The lowest BCUT2D eigenvalue weighted by atomic mass is 9.93. The van der Waals surface area contributed by atoms with Gasteiger partial charge in [0.15, 0.2) is 0 Å². The van der Waals surface area contributed by atoms with Crippen LogP contribution in [-0.4, -0.2) is 40.9 Å². The van der Waals surface area contributed by atoms with Crippen LogP contribution >= 0.6 is 0 Å². The molecule has 3 N–H and O–H groups in total. The summed E-state index contributed by atoms with van der Waals surface area (Å²) < 4.78 is 0. The third-order valence-corrected chi connectivity index (χ3v) is 3.63. The second kappa shape index (κ2) is 7.08. The van der Waals surface area contributed by atoms with Crippen LogP contribution in [0.1, 0.15) is 25.7 Å². The molecule has 0 saturated heterocycles. The second-order valence-corrected chi connectivity index (χ2v) is 5.27. The number of hydrogen-bond acceptors (Lipinski definition) is 3. The van der Waals surface area contributed by atoms with E-state index in [0.29, 0.717) is 31.4 Å². The Morgan fingerprint density at radius 3 is 2.33 bits per heavy atom. The van der Waals surface area contributed by atoms with Crippen molar-refractivity contribution in [2.45, 2.75) is 37.8 Å². The molecule has 0 heterocycles. The third kappa shape index (κ3) is 4.46. The average Bonchev–Trinajstić information content (AvgIpc) is 2.48. The maximum absolute atomic E-state index is 12.3. The molecule has 0 unspecified atom stereocenters. The van der Waals surface area contributed by atoms with Gasteiger partial charge in [-0.05, 0) is 37.8 Å². The summed E-state index contributed by atoms with van der Waals surface area (Å²) in [6.07, 6.45) is 2.46. The van der Waals surface area contributed by atoms with Crippen molar-refractivity contribution in [2.75, 3.05) is 11.4 Å². The van der Waals surface area contributed by atoms with Gasteiger partial charge >= 0.3 is 12.0 Å². The summed E-state index contributed by atoms with van der Waals surface area (Å²) >= 11 is 0. The zero-order chi connectivity index (χ0) is 15.2. The SMILES string of the molecule is O=C(O)CN(C(=O)NC1CCC(O)CC1)c1ccccc1. The predicted octanol–water partition coefficient (Wildman–Crippen LogP) is 1.59. The molecule has 0 spiro atoms. The predicted molar refractivity (Wildman–Crippen MR) is 78.2 cm³/mol. The minimum Gasteiger partial charge on any atom is -0.480 e. The zero-order valence-electron chi connectivity index (χ0n) is 11.7. The van der Waals surface area contributed by atoms with Gasteiger partial charge in [0, 0.05) is 11.7 Å². The summed E-state index contributed by atoms with van der Waals surface area (Å²) in [7, 11) is 0. The molecule has 2 rings (SSSR count). The van der Waals surface area contributed by atoms with E-state index in [1.54, 1.807) is 24.3 Å². The summed E-state index contributed by atoms with van der Waals surface area (Å²) in [5, 5.41) is 21.3. The van der Waals surface area contributed by atoms with Gasteiger partial charge in [-0.15, -0.1) is 0 Å². The molecule has 0 radical (unpaired) electrons. The van der Waals surface area contributed by atoms with Crippen molar-refractivity contribution in [1.29, 1.82) is 0 Å². The lowest BCUT2D eigenvalue weighted by Gasteiger charge is -2.29. The number of carbonyl (C=O) groups excluding carboxylic acids is 1. The van der Waals surface area contributed by atoms with E-state index in [-0.39, 0.29) is 18.7 Å². The second-order valence-electron chi connectivity index (χ2n) is 5.27. The maximum atomic E-state index is 12.3. The van der Waals surface area contributed by atoms with Gasteiger partial charge in [-0.25, -0.2) is 4.79 Å². The Hall–Kier alpha value is -2.08. The van der Waals surface area contributed by atoms with Gasteiger partial charge in [-0.2, -0.15) is 0 Å². The van der Waals surface area contributed by atoms with Gasteiger partial charge in [0.05, 0.1) is 6.10 Å². The van der Waals surface area contributed by atoms with E-state index >= 15 is 0 Å². The number of aliphatic hydroxyl groups is 1. The molecule has 6 heteroatoms. The quantitative estimate of drug-likeness (QED) is 0.786. The van der Waals surface area contributed by atoms with Crippen LogP contribution in [0.4, 0.5) is 10.5 Å². The Kier molecular flexibility index (Phi) is 5.16. The number of carboxylic acids is 1. The van der Waals surface area contributed by atoms with Gasteiger partial charge < -0.3 is 15.5 Å². The van der Waals surface area contributed by atoms with Crippen molar-refractivity contribution in [3.63, 3.8) is 0 Å². The van der Waals surface area contributed by atoms with E-state index < -0.39 is 12.0 Å². The normalized spacial score (nSPS) is 21.6. The standard InChI is InChI=1S/C15H20N2O4/c18-13-8-6-11(7-9-13)16-15(21)17(10-14(19)20)12-4-2-1-3-5-12/h1-5,11,13,18H,6-10H2,(H,16,21)(H,19,20). The maximum Gasteiger partial charge on any atom is 0.323 e. The van der Waals surface area contributed by atoms with Crippen molar-refractivity contribution >= 4 is 17.7 Å². The number of hydrogen-bond donors (Lipinski definition) is 3. The number of nitrogens with zero attached hydrogens (tertiary/aromatic N) is 1. The summed E-state index contributed by atoms with van der Waals surface area (Å²) in [6, 6.07) is 8.30. The van der Waals surface area contributed by atoms with Crippen molar-refractivity contribution in [3.05, 3.63) is 30.3 Å². The topological polar surface area (TPSA) is 89.9 Å². The lowest BCUT2D eigenvalue weighted by Crippen LogP contribution is -2.48. The van der Waals surface area contributed by atoms with Gasteiger partial charge in [0.2, 0.25) is 0 Å². The molecule has 2 amide bonds. The molecule has 1 aromatic rings. The number of para-hydroxylation sites is 1. The average molecular weight is 292 g/mol. The van der Waals surface area contributed by atoms with Crippen LogP contribution in [-0.2, 0) is 4.79 Å². The van der Waals surface area contributed by atoms with Gasteiger partial charge in [0.25, 0.3) is 0 Å². The van der Waals surface area contributed by atoms with Crippen molar-refractivity contribution in [1.82, 2.24) is 5.32 Å². The van der Waals surface area contributed by atoms with Crippen LogP contribution in [0.15, 0.2) is 30.3 Å². The minimum atomic E-state index is -1.06. The molecular weight excluding hydrogens is 272 g/mol. The largest absolute Gasteiger partial charge is 0.480 e. The summed E-state index contributed by atoms with van der Waals surface area (Å²) in [6.45, 7) is -0.384. The highest BCUT2D eigenvalue weighted by Gasteiger charge is 2.24. The van der Waals surface area contributed by atoms with Crippen LogP contribution in [0.5, 0.6) is 0 Å². The number of rotatable bonds is 4. The van der Waals surface area contributed by atoms with E-state index in [0.717, 1.165) is 0 Å². The summed E-state index contributed by atoms with van der Waals surface area (Å²) in [5.74, 6) is -1.06. The number of benzene rings is 1. The van der Waals surface area contributed by atoms with E-state index in [1.807, 2.05) is 6.07 Å². The highest BCUT2D eigenvalue weighted by molar-refractivity contribution is 5.96. The number of amides is 2. The Balaban J connectivity index is 2.02. The fourth-order valence-electron chi connectivity index (χ4n) is 2.50. The summed E-state index contributed by atoms with van der Waals surface area (Å²) in [5.41, 5.74) is 0.549. The number of anilines is 1. The first-order valence-corrected chi connectivity index (χ1v) is 7.09. The molecule has 0 bridgehead atoms. The van der Waals surface area contributed by atoms with Crippen LogP contribution < -0.4 is 10.2 Å². The Morgan fingerprint density at radius 2 is 1.76 bits per heavy atom. The number of urea groups is 1. The molecule has 21 heavy (non-hydrogen) atoms. The van der Waals surface area contributed by atoms with Gasteiger partial charge in [-0.1, -0.05) is 18.2 Å². The fourth-order valence-corrected chi connectivity index (χ4v) is 2.50. The molecule has 1 aromatic carbocycles. The Labute approximate surface area is 123 Å². The van der Waals surface area contributed by atoms with Gasteiger partial charge in [-0.3, -0.25) is 9.69 Å². The Morgan fingerprint density at radius 1 is 1.14 bits per heavy atom. The summed E-state index contributed by atoms with van der Waals surface area (Å²) in [4.78, 5) is 24.5. The molecule has 1 aliphatic rings. The number of carboxylic acid groups (broad SMARTS) is 1. The molecule has 1 aliphatic carbocycles. The monoisotopic (exact) mass is 292 g/mol. The molecule has 6 nitrogen and oxygen atoms in total. The molecule has 114 valence electrons. The third-order valence-electron chi connectivity index (χ3n) is 3.63. The first-order chi connectivity index (χ1) is 10.1. The van der Waals surface area contributed by atoms with E-state index in [1.165, 1.54) is 4.90 Å². The van der Waals surface area contributed by atoms with Crippen molar-refractivity contribution < 1.29 is 19.8 Å². The first kappa shape index (κ1) is 15.3. The van der Waals surface area contributed by atoms with Crippen molar-refractivity contribution in [2.24, 2.45) is 0 Å². The number of carbonyl (C=O) groups is 2. The van der Waals surface area contributed by atoms with E-state index in [4.69, 9.17) is 5.11 Å². The smallest absolute Gasteiger partial charge is 0.323 e. The minimum absolute atomic E-state index is 0.0130. The van der Waals surface area contributed by atoms with E-state index in [9.17, 15) is 14.7 Å². The van der Waals surface area contributed by atoms with Crippen LogP contribution in [0.25, 0.3) is 0 Å². The molecule has 0 aliphatic heterocycles. The molecule has 1 saturated carbocycles. The van der Waals surface area contributed by atoms with Gasteiger partial charge in [0.1, 0.15) is 6.54 Å².